The molecule has 0 aliphatic heterocycles. The highest BCUT2D eigenvalue weighted by atomic mass is 16.3. The van der Waals surface area contributed by atoms with Crippen LogP contribution in [0.4, 0.5) is 10.5 Å². The standard InChI is InChI=1S/C20H22N2O2/c1-14-8-9-15(2)18(12-14)21-19(24)22-20(3,4)11-10-16-6-5-7-17(23)13-16/h5-9,12-13,23H,1-4H3,(H2,21,22,24). The molecule has 2 rings (SSSR count). The van der Waals surface area contributed by atoms with Crippen molar-refractivity contribution >= 4 is 11.7 Å². The van der Waals surface area contributed by atoms with Crippen LogP contribution in [0.3, 0.4) is 0 Å². The van der Waals surface area contributed by atoms with Crippen molar-refractivity contribution in [3.8, 4) is 17.6 Å². The molecular formula is C20H22N2O2. The molecule has 0 aliphatic carbocycles. The molecule has 0 saturated heterocycles. The number of urea groups is 1. The van der Waals surface area contributed by atoms with E-state index in [2.05, 4.69) is 22.5 Å². The molecule has 2 aromatic rings. The lowest BCUT2D eigenvalue weighted by Crippen LogP contribution is -2.44. The van der Waals surface area contributed by atoms with Crippen LogP contribution < -0.4 is 10.6 Å². The van der Waals surface area contributed by atoms with E-state index in [1.54, 1.807) is 24.3 Å². The van der Waals surface area contributed by atoms with Gasteiger partial charge in [-0.2, -0.15) is 0 Å². The van der Waals surface area contributed by atoms with Gasteiger partial charge >= 0.3 is 6.03 Å². The second-order valence-electron chi connectivity index (χ2n) is 6.32. The van der Waals surface area contributed by atoms with Crippen molar-refractivity contribution in [2.24, 2.45) is 0 Å². The minimum atomic E-state index is -0.715. The van der Waals surface area contributed by atoms with E-state index < -0.39 is 5.54 Å². The van der Waals surface area contributed by atoms with Crippen molar-refractivity contribution in [1.82, 2.24) is 5.32 Å². The molecule has 3 N–H and O–H groups in total. The number of anilines is 1. The predicted molar refractivity (Wildman–Crippen MR) is 97.1 cm³/mol. The van der Waals surface area contributed by atoms with Crippen LogP contribution in [-0.2, 0) is 0 Å². The summed E-state index contributed by atoms with van der Waals surface area (Å²) in [6.07, 6.45) is 0. The van der Waals surface area contributed by atoms with Crippen LogP contribution in [0, 0.1) is 25.7 Å². The highest BCUT2D eigenvalue weighted by Crippen LogP contribution is 2.16. The number of benzene rings is 2. The van der Waals surface area contributed by atoms with Crippen LogP contribution >= 0.6 is 0 Å². The molecule has 124 valence electrons. The van der Waals surface area contributed by atoms with E-state index in [9.17, 15) is 9.90 Å². The van der Waals surface area contributed by atoms with Gasteiger partial charge in [-0.25, -0.2) is 4.79 Å². The Bertz CT molecular complexity index is 814. The highest BCUT2D eigenvalue weighted by molar-refractivity contribution is 5.91. The summed E-state index contributed by atoms with van der Waals surface area (Å²) in [6.45, 7) is 7.58. The number of phenols is 1. The van der Waals surface area contributed by atoms with Gasteiger partial charge in [0.2, 0.25) is 0 Å². The average Bonchev–Trinajstić information content (AvgIpc) is 2.48. The molecule has 0 aromatic heterocycles. The highest BCUT2D eigenvalue weighted by Gasteiger charge is 2.17. The van der Waals surface area contributed by atoms with Gasteiger partial charge in [0.05, 0.1) is 5.54 Å². The molecule has 0 aliphatic rings. The van der Waals surface area contributed by atoms with E-state index in [0.29, 0.717) is 5.56 Å². The Morgan fingerprint density at radius 3 is 2.58 bits per heavy atom. The van der Waals surface area contributed by atoms with Gasteiger partial charge in [0, 0.05) is 11.3 Å². The summed E-state index contributed by atoms with van der Waals surface area (Å²) in [7, 11) is 0. The van der Waals surface area contributed by atoms with Gasteiger partial charge in [0.25, 0.3) is 0 Å². The van der Waals surface area contributed by atoms with Gasteiger partial charge in [0.1, 0.15) is 5.75 Å². The Morgan fingerprint density at radius 2 is 1.88 bits per heavy atom. The Balaban J connectivity index is 2.06. The van der Waals surface area contributed by atoms with Gasteiger partial charge in [-0.15, -0.1) is 0 Å². The summed E-state index contributed by atoms with van der Waals surface area (Å²) in [4.78, 5) is 12.2. The smallest absolute Gasteiger partial charge is 0.320 e. The molecule has 24 heavy (non-hydrogen) atoms. The zero-order valence-electron chi connectivity index (χ0n) is 14.4. The summed E-state index contributed by atoms with van der Waals surface area (Å²) < 4.78 is 0. The molecule has 0 fully saturated rings. The van der Waals surface area contributed by atoms with Gasteiger partial charge in [-0.1, -0.05) is 30.0 Å². The number of nitrogens with one attached hydrogen (secondary N) is 2. The summed E-state index contributed by atoms with van der Waals surface area (Å²) in [5, 5.41) is 15.2. The molecule has 4 nitrogen and oxygen atoms in total. The molecule has 0 radical (unpaired) electrons. The van der Waals surface area contributed by atoms with E-state index in [0.717, 1.165) is 16.8 Å². The third-order valence-corrected chi connectivity index (χ3v) is 3.43. The van der Waals surface area contributed by atoms with Gasteiger partial charge in [-0.3, -0.25) is 0 Å². The molecule has 0 atom stereocenters. The van der Waals surface area contributed by atoms with Crippen molar-refractivity contribution in [1.29, 1.82) is 0 Å². The number of rotatable bonds is 2. The molecule has 0 spiro atoms. The first-order chi connectivity index (χ1) is 11.2. The minimum Gasteiger partial charge on any atom is -0.508 e. The molecular weight excluding hydrogens is 300 g/mol. The van der Waals surface area contributed by atoms with Crippen LogP contribution in [0.5, 0.6) is 5.75 Å². The lowest BCUT2D eigenvalue weighted by Gasteiger charge is -2.20. The Hall–Kier alpha value is -2.93. The van der Waals surface area contributed by atoms with E-state index in [1.807, 2.05) is 45.9 Å². The second kappa shape index (κ2) is 7.10. The van der Waals surface area contributed by atoms with Gasteiger partial charge < -0.3 is 15.7 Å². The van der Waals surface area contributed by atoms with Crippen LogP contribution in [0.1, 0.15) is 30.5 Å². The third-order valence-electron chi connectivity index (χ3n) is 3.43. The zero-order chi connectivity index (χ0) is 17.7. The zero-order valence-corrected chi connectivity index (χ0v) is 14.4. The first-order valence-electron chi connectivity index (χ1n) is 7.74. The van der Waals surface area contributed by atoms with Crippen LogP contribution in [-0.4, -0.2) is 16.7 Å². The fourth-order valence-electron chi connectivity index (χ4n) is 2.15. The monoisotopic (exact) mass is 322 g/mol. The fourth-order valence-corrected chi connectivity index (χ4v) is 2.15. The predicted octanol–water partition coefficient (Wildman–Crippen LogP) is 3.96. The van der Waals surface area contributed by atoms with Crippen molar-refractivity contribution < 1.29 is 9.90 Å². The third kappa shape index (κ3) is 5.06. The van der Waals surface area contributed by atoms with E-state index in [-0.39, 0.29) is 11.8 Å². The van der Waals surface area contributed by atoms with Gasteiger partial charge in [0.15, 0.2) is 0 Å². The van der Waals surface area contributed by atoms with E-state index >= 15 is 0 Å². The molecule has 0 saturated carbocycles. The van der Waals surface area contributed by atoms with E-state index in [1.165, 1.54) is 0 Å². The second-order valence-corrected chi connectivity index (χ2v) is 6.32. The van der Waals surface area contributed by atoms with Crippen LogP contribution in [0.25, 0.3) is 0 Å². The first kappa shape index (κ1) is 17.4. The normalized spacial score (nSPS) is 10.5. The Kier molecular flexibility index (Phi) is 5.15. The number of aromatic hydroxyl groups is 1. The maximum absolute atomic E-state index is 12.2. The number of hydrogen-bond acceptors (Lipinski definition) is 2. The lowest BCUT2D eigenvalue weighted by atomic mass is 10.1. The summed E-state index contributed by atoms with van der Waals surface area (Å²) in [5.41, 5.74) is 2.84. The van der Waals surface area contributed by atoms with Crippen LogP contribution in [0.15, 0.2) is 42.5 Å². The number of carbonyl (C=O) groups is 1. The molecule has 0 unspecified atom stereocenters. The number of hydrogen-bond donors (Lipinski definition) is 3. The number of aryl methyl sites for hydroxylation is 2. The summed E-state index contributed by atoms with van der Waals surface area (Å²) in [6, 6.07) is 12.3. The SMILES string of the molecule is Cc1ccc(C)c(NC(=O)NC(C)(C)C#Cc2cccc(O)c2)c1. The molecule has 0 bridgehead atoms. The molecule has 4 heteroatoms. The average molecular weight is 322 g/mol. The molecule has 2 aromatic carbocycles. The Labute approximate surface area is 142 Å². The number of amides is 2. The maximum Gasteiger partial charge on any atom is 0.320 e. The quantitative estimate of drug-likeness (QED) is 0.733. The maximum atomic E-state index is 12.2. The van der Waals surface area contributed by atoms with Crippen molar-refractivity contribution in [3.63, 3.8) is 0 Å². The molecule has 2 amide bonds. The van der Waals surface area contributed by atoms with Crippen molar-refractivity contribution in [2.75, 3.05) is 5.32 Å². The minimum absolute atomic E-state index is 0.167. The fraction of sp³-hybridized carbons (Fsp3) is 0.250. The lowest BCUT2D eigenvalue weighted by molar-refractivity contribution is 0.247. The van der Waals surface area contributed by atoms with Crippen molar-refractivity contribution in [2.45, 2.75) is 33.2 Å². The largest absolute Gasteiger partial charge is 0.508 e. The topological polar surface area (TPSA) is 61.4 Å². The Morgan fingerprint density at radius 1 is 1.12 bits per heavy atom. The number of phenolic OH excluding ortho intramolecular Hbond substituents is 1. The molecule has 0 heterocycles. The van der Waals surface area contributed by atoms with Crippen molar-refractivity contribution in [3.05, 3.63) is 59.2 Å². The summed E-state index contributed by atoms with van der Waals surface area (Å²) in [5.74, 6) is 6.14. The van der Waals surface area contributed by atoms with Gasteiger partial charge in [-0.05, 0) is 63.1 Å². The van der Waals surface area contributed by atoms with Crippen LogP contribution in [0.2, 0.25) is 0 Å². The summed E-state index contributed by atoms with van der Waals surface area (Å²) >= 11 is 0. The number of carbonyl (C=O) groups excluding carboxylic acids is 1. The first-order valence-corrected chi connectivity index (χ1v) is 7.74. The van der Waals surface area contributed by atoms with E-state index in [4.69, 9.17) is 0 Å².